The van der Waals surface area contributed by atoms with Crippen molar-refractivity contribution in [3.05, 3.63) is 36.0 Å². The number of fused-ring (bicyclic) bond motifs is 1. The molecule has 4 rings (SSSR count). The highest BCUT2D eigenvalue weighted by Crippen LogP contribution is 2.39. The third-order valence-electron chi connectivity index (χ3n) is 4.64. The zero-order valence-corrected chi connectivity index (χ0v) is 12.7. The van der Waals surface area contributed by atoms with Crippen molar-refractivity contribution in [2.24, 2.45) is 5.92 Å². The van der Waals surface area contributed by atoms with Crippen LogP contribution in [0, 0.1) is 5.92 Å². The van der Waals surface area contributed by atoms with Gasteiger partial charge in [0.2, 0.25) is 0 Å². The van der Waals surface area contributed by atoms with Crippen LogP contribution in [0.5, 0.6) is 0 Å². The number of nitrogens with one attached hydrogen (secondary N) is 1. The maximum absolute atomic E-state index is 4.85. The number of nitrogens with zero attached hydrogens (tertiary/aromatic N) is 2. The van der Waals surface area contributed by atoms with Gasteiger partial charge in [0.15, 0.2) is 0 Å². The fourth-order valence-electron chi connectivity index (χ4n) is 3.17. The Balaban J connectivity index is 1.78. The molecule has 0 unspecified atom stereocenters. The Labute approximate surface area is 126 Å². The van der Waals surface area contributed by atoms with Gasteiger partial charge in [-0.15, -0.1) is 0 Å². The smallest absolute Gasteiger partial charge is 0.136 e. The summed E-state index contributed by atoms with van der Waals surface area (Å²) >= 11 is 0. The molecule has 0 amide bonds. The average Bonchev–Trinajstić information content (AvgIpc) is 3.38. The normalized spacial score (nSPS) is 18.1. The first-order valence-corrected chi connectivity index (χ1v) is 8.14. The van der Waals surface area contributed by atoms with Crippen LogP contribution in [-0.2, 0) is 6.54 Å². The molecule has 0 aliphatic heterocycles. The van der Waals surface area contributed by atoms with Gasteiger partial charge in [0, 0.05) is 30.7 Å². The van der Waals surface area contributed by atoms with Crippen molar-refractivity contribution < 1.29 is 0 Å². The Kier molecular flexibility index (Phi) is 3.30. The van der Waals surface area contributed by atoms with Crippen molar-refractivity contribution in [3.63, 3.8) is 0 Å². The molecule has 0 atom stereocenters. The lowest BCUT2D eigenvalue weighted by molar-refractivity contribution is 0.711. The fraction of sp³-hybridized carbons (Fsp3) is 0.500. The van der Waals surface area contributed by atoms with E-state index < -0.39 is 0 Å². The molecule has 3 nitrogen and oxygen atoms in total. The monoisotopic (exact) mass is 281 g/mol. The zero-order valence-electron chi connectivity index (χ0n) is 12.7. The van der Waals surface area contributed by atoms with Crippen LogP contribution in [0.15, 0.2) is 30.5 Å². The highest BCUT2D eigenvalue weighted by atomic mass is 15.2. The van der Waals surface area contributed by atoms with Crippen molar-refractivity contribution in [2.45, 2.75) is 38.3 Å². The minimum atomic E-state index is 0.733. The van der Waals surface area contributed by atoms with E-state index in [1.807, 2.05) is 7.05 Å². The summed E-state index contributed by atoms with van der Waals surface area (Å²) < 4.78 is 0. The molecule has 0 spiro atoms. The van der Waals surface area contributed by atoms with Crippen LogP contribution in [0.2, 0.25) is 0 Å². The summed E-state index contributed by atoms with van der Waals surface area (Å²) in [5.74, 6) is 2.11. The number of hydrogen-bond donors (Lipinski definition) is 1. The molecule has 1 aromatic carbocycles. The van der Waals surface area contributed by atoms with Crippen LogP contribution in [0.4, 0.5) is 5.82 Å². The van der Waals surface area contributed by atoms with Crippen molar-refractivity contribution in [1.29, 1.82) is 0 Å². The van der Waals surface area contributed by atoms with E-state index in [-0.39, 0.29) is 0 Å². The third-order valence-corrected chi connectivity index (χ3v) is 4.64. The lowest BCUT2D eigenvalue weighted by Crippen LogP contribution is -2.29. The van der Waals surface area contributed by atoms with E-state index in [1.54, 1.807) is 0 Å². The lowest BCUT2D eigenvalue weighted by atomic mass is 10.1. The van der Waals surface area contributed by atoms with Crippen LogP contribution in [-0.4, -0.2) is 24.6 Å². The van der Waals surface area contributed by atoms with Gasteiger partial charge in [-0.25, -0.2) is 4.98 Å². The largest absolute Gasteiger partial charge is 0.353 e. The lowest BCUT2D eigenvalue weighted by Gasteiger charge is -2.25. The summed E-state index contributed by atoms with van der Waals surface area (Å²) in [4.78, 5) is 7.44. The predicted octanol–water partition coefficient (Wildman–Crippen LogP) is 3.33. The quantitative estimate of drug-likeness (QED) is 0.880. The molecule has 0 saturated heterocycles. The van der Waals surface area contributed by atoms with Crippen LogP contribution in [0.3, 0.4) is 0 Å². The van der Waals surface area contributed by atoms with Crippen molar-refractivity contribution >= 4 is 16.6 Å². The van der Waals surface area contributed by atoms with Gasteiger partial charge in [-0.3, -0.25) is 0 Å². The highest BCUT2D eigenvalue weighted by molar-refractivity contribution is 5.94. The number of hydrogen-bond acceptors (Lipinski definition) is 3. The van der Waals surface area contributed by atoms with Gasteiger partial charge in [-0.2, -0.15) is 0 Å². The average molecular weight is 281 g/mol. The van der Waals surface area contributed by atoms with Gasteiger partial charge in [0.05, 0.1) is 0 Å². The molecule has 1 heterocycles. The Morgan fingerprint density at radius 1 is 1.14 bits per heavy atom. The van der Waals surface area contributed by atoms with Crippen LogP contribution >= 0.6 is 0 Å². The SMILES string of the molecule is CNCc1cnc(N(CC2CC2)C2CC2)c2ccccc12. The first kappa shape index (κ1) is 13.1. The Morgan fingerprint density at radius 2 is 1.90 bits per heavy atom. The van der Waals surface area contributed by atoms with Crippen LogP contribution < -0.4 is 10.2 Å². The molecule has 1 N–H and O–H groups in total. The maximum Gasteiger partial charge on any atom is 0.136 e. The number of aromatic nitrogens is 1. The minimum Gasteiger partial charge on any atom is -0.353 e. The van der Waals surface area contributed by atoms with E-state index in [0.29, 0.717) is 0 Å². The van der Waals surface area contributed by atoms with E-state index in [0.717, 1.165) is 18.5 Å². The van der Waals surface area contributed by atoms with E-state index in [9.17, 15) is 0 Å². The predicted molar refractivity (Wildman–Crippen MR) is 87.6 cm³/mol. The molecular weight excluding hydrogens is 258 g/mol. The van der Waals surface area contributed by atoms with Crippen molar-refractivity contribution in [3.8, 4) is 0 Å². The minimum absolute atomic E-state index is 0.733. The number of anilines is 1. The summed E-state index contributed by atoms with van der Waals surface area (Å²) in [6.45, 7) is 2.08. The molecule has 2 fully saturated rings. The van der Waals surface area contributed by atoms with Crippen LogP contribution in [0.1, 0.15) is 31.2 Å². The summed E-state index contributed by atoms with van der Waals surface area (Å²) in [6, 6.07) is 9.47. The van der Waals surface area contributed by atoms with E-state index >= 15 is 0 Å². The second kappa shape index (κ2) is 5.30. The zero-order chi connectivity index (χ0) is 14.2. The molecule has 0 bridgehead atoms. The van der Waals surface area contributed by atoms with Crippen LogP contribution in [0.25, 0.3) is 10.8 Å². The second-order valence-corrected chi connectivity index (χ2v) is 6.51. The highest BCUT2D eigenvalue weighted by Gasteiger charge is 2.35. The molecule has 2 aliphatic rings. The van der Waals surface area contributed by atoms with Gasteiger partial charge in [-0.1, -0.05) is 24.3 Å². The van der Waals surface area contributed by atoms with Gasteiger partial charge in [0.25, 0.3) is 0 Å². The fourth-order valence-corrected chi connectivity index (χ4v) is 3.17. The molecule has 2 aliphatic carbocycles. The molecule has 1 aromatic heterocycles. The van der Waals surface area contributed by atoms with Crippen molar-refractivity contribution in [2.75, 3.05) is 18.5 Å². The first-order chi connectivity index (χ1) is 10.4. The Bertz CT molecular complexity index is 644. The maximum atomic E-state index is 4.85. The Morgan fingerprint density at radius 3 is 2.57 bits per heavy atom. The van der Waals surface area contributed by atoms with E-state index in [1.165, 1.54) is 54.4 Å². The van der Waals surface area contributed by atoms with Crippen molar-refractivity contribution in [1.82, 2.24) is 10.3 Å². The summed E-state index contributed by atoms with van der Waals surface area (Å²) in [7, 11) is 1.99. The van der Waals surface area contributed by atoms with Gasteiger partial charge in [0.1, 0.15) is 5.82 Å². The molecule has 0 radical (unpaired) electrons. The van der Waals surface area contributed by atoms with Gasteiger partial charge >= 0.3 is 0 Å². The molecule has 3 heteroatoms. The topological polar surface area (TPSA) is 28.2 Å². The summed E-state index contributed by atoms with van der Waals surface area (Å²) in [5.41, 5.74) is 1.29. The molecule has 2 saturated carbocycles. The molecule has 2 aromatic rings. The number of rotatable bonds is 6. The summed E-state index contributed by atoms with van der Waals surface area (Å²) in [5, 5.41) is 5.91. The number of benzene rings is 1. The van der Waals surface area contributed by atoms with Gasteiger partial charge in [-0.05, 0) is 49.6 Å². The molecule has 21 heavy (non-hydrogen) atoms. The molecular formula is C18H23N3. The standard InChI is InChI=1S/C18H23N3/c1-19-10-14-11-20-18(17-5-3-2-4-16(14)17)21(15-8-9-15)12-13-6-7-13/h2-5,11,13,15,19H,6-10,12H2,1H3. The number of pyridine rings is 1. The van der Waals surface area contributed by atoms with E-state index in [2.05, 4.69) is 40.7 Å². The summed E-state index contributed by atoms with van der Waals surface area (Å²) in [6.07, 6.45) is 7.54. The first-order valence-electron chi connectivity index (χ1n) is 8.14. The Hall–Kier alpha value is -1.61. The van der Waals surface area contributed by atoms with E-state index in [4.69, 9.17) is 4.98 Å². The third kappa shape index (κ3) is 2.62. The molecule has 110 valence electrons. The second-order valence-electron chi connectivity index (χ2n) is 6.51. The van der Waals surface area contributed by atoms with Gasteiger partial charge < -0.3 is 10.2 Å².